The Morgan fingerprint density at radius 2 is 1.86 bits per heavy atom. The Kier molecular flexibility index (Phi) is 5.74. The number of ether oxygens (including phenoxy) is 1. The molecule has 0 aliphatic heterocycles. The third-order valence-electron chi connectivity index (χ3n) is 5.40. The zero-order valence-corrected chi connectivity index (χ0v) is 19.0. The van der Waals surface area contributed by atoms with Crippen LogP contribution in [0.25, 0.3) is 33.9 Å². The van der Waals surface area contributed by atoms with Crippen LogP contribution in [0.4, 0.5) is 17.6 Å². The van der Waals surface area contributed by atoms with E-state index in [1.54, 1.807) is 41.8 Å². The highest BCUT2D eigenvalue weighted by Crippen LogP contribution is 2.37. The zero-order chi connectivity index (χ0) is 25.4. The molecule has 0 bridgehead atoms. The molecule has 0 aliphatic rings. The molecule has 0 saturated carbocycles. The summed E-state index contributed by atoms with van der Waals surface area (Å²) in [5.74, 6) is -0.514. The second-order valence-electron chi connectivity index (χ2n) is 7.97. The number of alkyl halides is 3. The minimum atomic E-state index is -4.65. The van der Waals surface area contributed by atoms with E-state index in [4.69, 9.17) is 4.74 Å². The zero-order valence-electron chi connectivity index (χ0n) is 19.0. The number of nitrogens with one attached hydrogen (secondary N) is 1. The van der Waals surface area contributed by atoms with E-state index in [0.717, 1.165) is 5.56 Å². The first-order chi connectivity index (χ1) is 17.2. The highest BCUT2D eigenvalue weighted by molar-refractivity contribution is 5.79. The lowest BCUT2D eigenvalue weighted by atomic mass is 10.0. The van der Waals surface area contributed by atoms with E-state index >= 15 is 0 Å². The van der Waals surface area contributed by atoms with Crippen molar-refractivity contribution in [3.63, 3.8) is 0 Å². The van der Waals surface area contributed by atoms with Crippen molar-refractivity contribution in [1.82, 2.24) is 39.7 Å². The predicted molar refractivity (Wildman–Crippen MR) is 120 cm³/mol. The normalized spacial score (nSPS) is 11.7. The first kappa shape index (κ1) is 23.2. The Balaban J connectivity index is 1.51. The summed E-state index contributed by atoms with van der Waals surface area (Å²) in [6, 6.07) is 7.23. The van der Waals surface area contributed by atoms with Gasteiger partial charge in [0.1, 0.15) is 18.0 Å². The smallest absolute Gasteiger partial charge is 0.435 e. The van der Waals surface area contributed by atoms with Crippen molar-refractivity contribution in [2.75, 3.05) is 0 Å². The molecule has 1 aromatic carbocycles. The SMILES string of the molecule is Cn1cc(COc2cc(-c3c(-c4cc(-c5nn[nH]c5C(F)(F)F)ccn4)ncn3C)ccc2F)cn1. The lowest BCUT2D eigenvalue weighted by Crippen LogP contribution is -2.07. The van der Waals surface area contributed by atoms with Crippen molar-refractivity contribution in [2.45, 2.75) is 12.8 Å². The van der Waals surface area contributed by atoms with E-state index in [2.05, 4.69) is 25.4 Å². The molecule has 4 heterocycles. The van der Waals surface area contributed by atoms with Gasteiger partial charge < -0.3 is 9.30 Å². The molecule has 13 heteroatoms. The van der Waals surface area contributed by atoms with Gasteiger partial charge in [-0.3, -0.25) is 14.8 Å². The topological polar surface area (TPSA) is 99.3 Å². The number of aromatic amines is 1. The minimum absolute atomic E-state index is 0.0302. The van der Waals surface area contributed by atoms with Gasteiger partial charge in [0.2, 0.25) is 0 Å². The highest BCUT2D eigenvalue weighted by atomic mass is 19.4. The molecular formula is C23H18F4N8O. The number of aryl methyl sites for hydroxylation is 2. The fourth-order valence-electron chi connectivity index (χ4n) is 3.76. The first-order valence-electron chi connectivity index (χ1n) is 10.6. The van der Waals surface area contributed by atoms with E-state index in [1.807, 2.05) is 5.10 Å². The third-order valence-corrected chi connectivity index (χ3v) is 5.40. The first-order valence-corrected chi connectivity index (χ1v) is 10.6. The number of rotatable bonds is 6. The number of hydrogen-bond donors (Lipinski definition) is 1. The van der Waals surface area contributed by atoms with Crippen molar-refractivity contribution < 1.29 is 22.3 Å². The van der Waals surface area contributed by atoms with Crippen LogP contribution in [0.3, 0.4) is 0 Å². The van der Waals surface area contributed by atoms with Crippen LogP contribution >= 0.6 is 0 Å². The number of benzene rings is 1. The maximum absolute atomic E-state index is 14.5. The molecule has 0 spiro atoms. The van der Waals surface area contributed by atoms with Gasteiger partial charge in [0.25, 0.3) is 0 Å². The fraction of sp³-hybridized carbons (Fsp3) is 0.174. The van der Waals surface area contributed by atoms with E-state index in [1.165, 1.54) is 36.8 Å². The Labute approximate surface area is 201 Å². The van der Waals surface area contributed by atoms with Gasteiger partial charge in [-0.25, -0.2) is 9.37 Å². The summed E-state index contributed by atoms with van der Waals surface area (Å²) in [6.07, 6.45) is 1.64. The second-order valence-corrected chi connectivity index (χ2v) is 7.97. The molecule has 0 fully saturated rings. The molecule has 0 radical (unpaired) electrons. The molecule has 5 aromatic rings. The summed E-state index contributed by atoms with van der Waals surface area (Å²) in [5, 5.41) is 12.9. The maximum Gasteiger partial charge on any atom is 0.435 e. The van der Waals surface area contributed by atoms with Crippen LogP contribution in [0.1, 0.15) is 11.3 Å². The average molecular weight is 498 g/mol. The molecule has 9 nitrogen and oxygen atoms in total. The van der Waals surface area contributed by atoms with E-state index < -0.39 is 17.7 Å². The lowest BCUT2D eigenvalue weighted by molar-refractivity contribution is -0.140. The van der Waals surface area contributed by atoms with Crippen LogP contribution in [0.15, 0.2) is 55.2 Å². The van der Waals surface area contributed by atoms with Gasteiger partial charge in [-0.15, -0.1) is 5.10 Å². The van der Waals surface area contributed by atoms with Crippen molar-refractivity contribution in [2.24, 2.45) is 14.1 Å². The van der Waals surface area contributed by atoms with Gasteiger partial charge in [0.15, 0.2) is 17.3 Å². The summed E-state index contributed by atoms with van der Waals surface area (Å²) in [7, 11) is 3.51. The van der Waals surface area contributed by atoms with Gasteiger partial charge in [0.05, 0.1) is 23.9 Å². The van der Waals surface area contributed by atoms with Gasteiger partial charge in [-0.1, -0.05) is 5.21 Å². The fourth-order valence-corrected chi connectivity index (χ4v) is 3.76. The summed E-state index contributed by atoms with van der Waals surface area (Å²) >= 11 is 0. The molecule has 184 valence electrons. The van der Waals surface area contributed by atoms with E-state index in [9.17, 15) is 17.6 Å². The molecule has 5 rings (SSSR count). The molecule has 4 aromatic heterocycles. The van der Waals surface area contributed by atoms with E-state index in [0.29, 0.717) is 22.6 Å². The number of H-pyrrole nitrogens is 1. The standard InChI is InChI=1S/C23H18F4N8O/c1-34-12-29-20(17-7-14(5-6-28-17)19-22(23(25,26)27)32-33-31-19)21(34)15-3-4-16(24)18(8-15)36-11-13-9-30-35(2)10-13/h3-10,12H,11H2,1-2H3,(H,31,32,33). The summed E-state index contributed by atoms with van der Waals surface area (Å²) in [5.41, 5.74) is 1.38. The van der Waals surface area contributed by atoms with Crippen LogP contribution in [0, 0.1) is 5.82 Å². The van der Waals surface area contributed by atoms with Gasteiger partial charge in [0, 0.05) is 43.2 Å². The number of hydrogen-bond acceptors (Lipinski definition) is 6. The van der Waals surface area contributed by atoms with Crippen LogP contribution in [0.2, 0.25) is 0 Å². The number of aromatic nitrogens is 8. The second kappa shape index (κ2) is 8.91. The summed E-state index contributed by atoms with van der Waals surface area (Å²) in [6.45, 7) is 0.120. The van der Waals surface area contributed by atoms with Crippen molar-refractivity contribution >= 4 is 0 Å². The van der Waals surface area contributed by atoms with Crippen LogP contribution in [0.5, 0.6) is 5.75 Å². The third kappa shape index (κ3) is 4.42. The summed E-state index contributed by atoms with van der Waals surface area (Å²) < 4.78 is 63.5. The minimum Gasteiger partial charge on any atom is -0.486 e. The Hall–Kier alpha value is -4.55. The quantitative estimate of drug-likeness (QED) is 0.349. The maximum atomic E-state index is 14.5. The Bertz CT molecular complexity index is 1540. The number of pyridine rings is 1. The molecule has 0 unspecified atom stereocenters. The molecule has 0 aliphatic carbocycles. The number of imidazole rings is 1. The number of halogens is 4. The van der Waals surface area contributed by atoms with Crippen LogP contribution < -0.4 is 4.74 Å². The largest absolute Gasteiger partial charge is 0.486 e. The van der Waals surface area contributed by atoms with Crippen molar-refractivity contribution in [1.29, 1.82) is 0 Å². The Morgan fingerprint density at radius 1 is 1.03 bits per heavy atom. The van der Waals surface area contributed by atoms with Crippen molar-refractivity contribution in [3.8, 4) is 39.7 Å². The molecule has 1 N–H and O–H groups in total. The lowest BCUT2D eigenvalue weighted by Gasteiger charge is -2.11. The van der Waals surface area contributed by atoms with Gasteiger partial charge >= 0.3 is 6.18 Å². The van der Waals surface area contributed by atoms with Crippen molar-refractivity contribution in [3.05, 3.63) is 72.3 Å². The molecule has 0 atom stereocenters. The molecule has 0 saturated heterocycles. The highest BCUT2D eigenvalue weighted by Gasteiger charge is 2.37. The monoisotopic (exact) mass is 498 g/mol. The molecule has 36 heavy (non-hydrogen) atoms. The Morgan fingerprint density at radius 3 is 2.61 bits per heavy atom. The van der Waals surface area contributed by atoms with Crippen LogP contribution in [-0.2, 0) is 26.9 Å². The van der Waals surface area contributed by atoms with Gasteiger partial charge in [-0.2, -0.15) is 18.3 Å². The van der Waals surface area contributed by atoms with E-state index in [-0.39, 0.29) is 23.6 Å². The van der Waals surface area contributed by atoms with Gasteiger partial charge in [-0.05, 0) is 30.3 Å². The predicted octanol–water partition coefficient (Wildman–Crippen LogP) is 4.40. The number of nitrogens with zero attached hydrogens (tertiary/aromatic N) is 7. The molecular weight excluding hydrogens is 480 g/mol. The summed E-state index contributed by atoms with van der Waals surface area (Å²) in [4.78, 5) is 8.69. The average Bonchev–Trinajstić information content (AvgIpc) is 3.58. The molecule has 0 amide bonds. The van der Waals surface area contributed by atoms with Crippen LogP contribution in [-0.4, -0.2) is 39.7 Å².